The summed E-state index contributed by atoms with van der Waals surface area (Å²) < 4.78 is 12.1. The number of nitrogens with zero attached hydrogens (tertiary/aromatic N) is 2. The molecule has 13 nitrogen and oxygen atoms in total. The molecule has 13 heteroatoms. The standard InChI is InChI=1S/C35H56N2O11/c1-19(2)27-11-10-20(3)30(39)35(46,47-27)33(44)37-14-12-24(17-26(37)32(42)43)16-22(5)29-21(4)15-23(6)34(45,48-29)18-28(38)36-13-8-7-9-25(36)31(40)41/h19-27,29,45-46H,7-18H2,1-6H3,(H,40,41)(H,42,43). The number of aliphatic carboxylic acids is 2. The van der Waals surface area contributed by atoms with Crippen molar-refractivity contribution >= 4 is 29.5 Å². The molecule has 0 aromatic rings. The van der Waals surface area contributed by atoms with Gasteiger partial charge >= 0.3 is 17.7 Å². The zero-order chi connectivity index (χ0) is 35.7. The molecule has 0 spiro atoms. The van der Waals surface area contributed by atoms with Crippen molar-refractivity contribution in [1.82, 2.24) is 9.80 Å². The molecule has 0 bridgehead atoms. The highest BCUT2D eigenvalue weighted by Crippen LogP contribution is 2.43. The summed E-state index contributed by atoms with van der Waals surface area (Å²) in [5.41, 5.74) is 0. The van der Waals surface area contributed by atoms with Crippen LogP contribution in [0.3, 0.4) is 0 Å². The van der Waals surface area contributed by atoms with Crippen LogP contribution in [0.1, 0.15) is 106 Å². The summed E-state index contributed by atoms with van der Waals surface area (Å²) in [6.07, 6.45) is 3.02. The number of Topliss-reactive ketones (excluding diaryl/α,β-unsaturated/α-hetero) is 1. The Morgan fingerprint density at radius 2 is 1.52 bits per heavy atom. The summed E-state index contributed by atoms with van der Waals surface area (Å²) in [5, 5.41) is 43.0. The number of piperidine rings is 2. The Balaban J connectivity index is 1.44. The number of ether oxygens (including phenoxy) is 2. The summed E-state index contributed by atoms with van der Waals surface area (Å²) in [6, 6.07) is -2.19. The maximum Gasteiger partial charge on any atom is 0.326 e. The number of carboxylic acids is 2. The third kappa shape index (κ3) is 7.89. The lowest BCUT2D eigenvalue weighted by Crippen LogP contribution is -2.62. The predicted molar refractivity (Wildman–Crippen MR) is 172 cm³/mol. The number of likely N-dealkylation sites (tertiary alicyclic amines) is 2. The Kier molecular flexibility index (Phi) is 12.0. The Morgan fingerprint density at radius 1 is 0.854 bits per heavy atom. The number of ketones is 1. The maximum atomic E-state index is 13.8. The van der Waals surface area contributed by atoms with E-state index >= 15 is 0 Å². The molecule has 4 N–H and O–H groups in total. The van der Waals surface area contributed by atoms with Crippen molar-refractivity contribution in [2.75, 3.05) is 13.1 Å². The van der Waals surface area contributed by atoms with Gasteiger partial charge in [-0.2, -0.15) is 0 Å². The molecule has 0 aromatic carbocycles. The van der Waals surface area contributed by atoms with E-state index in [4.69, 9.17) is 9.47 Å². The number of rotatable bonds is 9. The molecule has 2 amide bonds. The van der Waals surface area contributed by atoms with Crippen molar-refractivity contribution in [3.8, 4) is 0 Å². The van der Waals surface area contributed by atoms with E-state index in [2.05, 4.69) is 0 Å². The normalized spacial score (nSPS) is 38.7. The molecule has 0 radical (unpaired) electrons. The topological polar surface area (TPSA) is 191 Å². The van der Waals surface area contributed by atoms with E-state index in [-0.39, 0.29) is 49.0 Å². The van der Waals surface area contributed by atoms with Gasteiger partial charge < -0.3 is 39.7 Å². The molecule has 4 saturated heterocycles. The summed E-state index contributed by atoms with van der Waals surface area (Å²) in [5.74, 6) is -10.4. The molecule has 0 saturated carbocycles. The van der Waals surface area contributed by atoms with Crippen LogP contribution in [0.4, 0.5) is 0 Å². The van der Waals surface area contributed by atoms with E-state index in [9.17, 15) is 44.4 Å². The minimum Gasteiger partial charge on any atom is -0.480 e. The first kappa shape index (κ1) is 38.2. The molecule has 11 unspecified atom stereocenters. The highest BCUT2D eigenvalue weighted by atomic mass is 16.6. The van der Waals surface area contributed by atoms with Crippen LogP contribution < -0.4 is 0 Å². The van der Waals surface area contributed by atoms with E-state index in [0.717, 1.165) is 11.3 Å². The fourth-order valence-electron chi connectivity index (χ4n) is 8.47. The Bertz CT molecular complexity index is 1230. The summed E-state index contributed by atoms with van der Waals surface area (Å²) >= 11 is 0. The fraction of sp³-hybridized carbons (Fsp3) is 0.857. The first-order valence-electron chi connectivity index (χ1n) is 17.8. The van der Waals surface area contributed by atoms with Gasteiger partial charge in [-0.3, -0.25) is 14.4 Å². The van der Waals surface area contributed by atoms with Gasteiger partial charge in [-0.05, 0) is 81.5 Å². The molecular formula is C35H56N2O11. The Hall–Kier alpha value is -2.61. The van der Waals surface area contributed by atoms with Gasteiger partial charge in [0.1, 0.15) is 12.1 Å². The molecule has 0 aliphatic carbocycles. The second kappa shape index (κ2) is 15.1. The van der Waals surface area contributed by atoms with Crippen LogP contribution in [0.5, 0.6) is 0 Å². The minimum atomic E-state index is -2.75. The number of aliphatic hydroxyl groups is 2. The summed E-state index contributed by atoms with van der Waals surface area (Å²) in [7, 11) is 0. The first-order valence-corrected chi connectivity index (χ1v) is 17.8. The quantitative estimate of drug-likeness (QED) is 0.262. The molecular weight excluding hydrogens is 624 g/mol. The average molecular weight is 681 g/mol. The third-order valence-corrected chi connectivity index (χ3v) is 11.5. The lowest BCUT2D eigenvalue weighted by atomic mass is 9.75. The number of hydrogen-bond acceptors (Lipinski definition) is 9. The van der Waals surface area contributed by atoms with Gasteiger partial charge in [0, 0.05) is 24.9 Å². The molecule has 4 aliphatic rings. The SMILES string of the molecule is CC1CCC(C(C)C)OC(O)(C(=O)N2CCC(CC(C)C3OC(O)(CC(=O)N4CCCCC4C(=O)O)C(C)CC3C)CC2C(=O)O)C1=O. The van der Waals surface area contributed by atoms with Crippen molar-refractivity contribution < 1.29 is 53.9 Å². The molecule has 4 aliphatic heterocycles. The van der Waals surface area contributed by atoms with Gasteiger partial charge in [0.2, 0.25) is 11.7 Å². The maximum absolute atomic E-state index is 13.8. The number of amides is 2. The zero-order valence-corrected chi connectivity index (χ0v) is 29.3. The van der Waals surface area contributed by atoms with Gasteiger partial charge in [0.15, 0.2) is 5.79 Å². The van der Waals surface area contributed by atoms with Gasteiger partial charge in [-0.25, -0.2) is 9.59 Å². The number of hydrogen-bond donors (Lipinski definition) is 4. The fourth-order valence-corrected chi connectivity index (χ4v) is 8.47. The van der Waals surface area contributed by atoms with Gasteiger partial charge in [-0.1, -0.05) is 41.5 Å². The largest absolute Gasteiger partial charge is 0.480 e. The van der Waals surface area contributed by atoms with Crippen LogP contribution in [0.15, 0.2) is 0 Å². The molecule has 4 heterocycles. The van der Waals surface area contributed by atoms with E-state index in [1.54, 1.807) is 6.92 Å². The number of carbonyl (C=O) groups is 5. The van der Waals surface area contributed by atoms with Crippen molar-refractivity contribution in [3.05, 3.63) is 0 Å². The van der Waals surface area contributed by atoms with E-state index < -0.39 is 71.3 Å². The highest BCUT2D eigenvalue weighted by molar-refractivity contribution is 6.09. The molecule has 4 rings (SSSR count). The van der Waals surface area contributed by atoms with Crippen molar-refractivity contribution in [2.45, 2.75) is 142 Å². The highest BCUT2D eigenvalue weighted by Gasteiger charge is 2.55. The predicted octanol–water partition coefficient (Wildman–Crippen LogP) is 3.04. The second-order valence-corrected chi connectivity index (χ2v) is 15.5. The van der Waals surface area contributed by atoms with Crippen LogP contribution in [-0.2, 0) is 33.4 Å². The monoisotopic (exact) mass is 680 g/mol. The molecule has 4 fully saturated rings. The van der Waals surface area contributed by atoms with Crippen LogP contribution in [0, 0.1) is 35.5 Å². The lowest BCUT2D eigenvalue weighted by Gasteiger charge is -2.48. The molecule has 48 heavy (non-hydrogen) atoms. The van der Waals surface area contributed by atoms with Gasteiger partial charge in [0.25, 0.3) is 5.91 Å². The summed E-state index contributed by atoms with van der Waals surface area (Å²) in [4.78, 5) is 67.1. The first-order chi connectivity index (χ1) is 22.4. The second-order valence-electron chi connectivity index (χ2n) is 15.5. The minimum absolute atomic E-state index is 0.0178. The van der Waals surface area contributed by atoms with Gasteiger partial charge in [-0.15, -0.1) is 0 Å². The third-order valence-electron chi connectivity index (χ3n) is 11.5. The van der Waals surface area contributed by atoms with Crippen LogP contribution in [0.2, 0.25) is 0 Å². The van der Waals surface area contributed by atoms with E-state index in [1.807, 2.05) is 34.6 Å². The Morgan fingerprint density at radius 3 is 2.15 bits per heavy atom. The van der Waals surface area contributed by atoms with Crippen molar-refractivity contribution in [1.29, 1.82) is 0 Å². The zero-order valence-electron chi connectivity index (χ0n) is 29.3. The number of carboxylic acid groups (broad SMARTS) is 2. The molecule has 11 atom stereocenters. The molecule has 0 aromatic heterocycles. The average Bonchev–Trinajstić information content (AvgIpc) is 3.14. The van der Waals surface area contributed by atoms with Gasteiger partial charge in [0.05, 0.1) is 18.6 Å². The van der Waals surface area contributed by atoms with Crippen LogP contribution in [0.25, 0.3) is 0 Å². The van der Waals surface area contributed by atoms with Crippen molar-refractivity contribution in [3.63, 3.8) is 0 Å². The van der Waals surface area contributed by atoms with E-state index in [0.29, 0.717) is 51.5 Å². The van der Waals surface area contributed by atoms with Crippen LogP contribution in [-0.4, -0.2) is 109 Å². The number of carbonyl (C=O) groups excluding carboxylic acids is 3. The van der Waals surface area contributed by atoms with E-state index in [1.165, 1.54) is 4.90 Å². The van der Waals surface area contributed by atoms with Crippen molar-refractivity contribution in [2.24, 2.45) is 35.5 Å². The van der Waals surface area contributed by atoms with Crippen LogP contribution >= 0.6 is 0 Å². The lowest BCUT2D eigenvalue weighted by molar-refractivity contribution is -0.302. The molecule has 272 valence electrons. The smallest absolute Gasteiger partial charge is 0.326 e. The summed E-state index contributed by atoms with van der Waals surface area (Å²) in [6.45, 7) is 11.5. The Labute approximate surface area is 283 Å².